The average molecular weight is 215 g/mol. The van der Waals surface area contributed by atoms with Crippen LogP contribution in [0.1, 0.15) is 45.4 Å². The predicted molar refractivity (Wildman–Crippen MR) is 60.4 cm³/mol. The summed E-state index contributed by atoms with van der Waals surface area (Å²) in [5.74, 6) is 0.863. The van der Waals surface area contributed by atoms with Crippen LogP contribution < -0.4 is 0 Å². The zero-order valence-electron chi connectivity index (χ0n) is 9.71. The monoisotopic (exact) mass is 215 g/mol. The standard InChI is InChI=1S/C11H23O2Si/c1-4-11(14(12-2)13-3)10-8-6-5-7-9-10/h10-11H,4-9H2,1-3H3. The van der Waals surface area contributed by atoms with Gasteiger partial charge in [-0.3, -0.25) is 0 Å². The molecule has 1 radical (unpaired) electrons. The maximum absolute atomic E-state index is 5.49. The Morgan fingerprint density at radius 1 is 1.14 bits per heavy atom. The van der Waals surface area contributed by atoms with Gasteiger partial charge in [-0.2, -0.15) is 0 Å². The van der Waals surface area contributed by atoms with Gasteiger partial charge in [0.2, 0.25) is 0 Å². The fraction of sp³-hybridized carbons (Fsp3) is 1.00. The number of rotatable bonds is 5. The molecule has 2 nitrogen and oxygen atoms in total. The maximum atomic E-state index is 5.49. The summed E-state index contributed by atoms with van der Waals surface area (Å²) >= 11 is 0. The van der Waals surface area contributed by atoms with Crippen molar-refractivity contribution in [3.05, 3.63) is 0 Å². The first-order valence-corrected chi connectivity index (χ1v) is 7.17. The number of hydrogen-bond donors (Lipinski definition) is 0. The summed E-state index contributed by atoms with van der Waals surface area (Å²) in [6, 6.07) is 0. The van der Waals surface area contributed by atoms with E-state index in [1.54, 1.807) is 14.2 Å². The highest BCUT2D eigenvalue weighted by Crippen LogP contribution is 2.37. The second kappa shape index (κ2) is 6.59. The molecule has 0 saturated heterocycles. The van der Waals surface area contributed by atoms with Crippen molar-refractivity contribution in [3.63, 3.8) is 0 Å². The fourth-order valence-corrected chi connectivity index (χ4v) is 4.44. The molecular formula is C11H23O2Si. The SMILES string of the molecule is CCC(C1CCCCC1)[Si](OC)OC. The van der Waals surface area contributed by atoms with E-state index in [0.717, 1.165) is 5.92 Å². The van der Waals surface area contributed by atoms with Gasteiger partial charge in [0.05, 0.1) is 0 Å². The minimum atomic E-state index is -1.01. The van der Waals surface area contributed by atoms with Crippen LogP contribution in [0, 0.1) is 5.92 Å². The van der Waals surface area contributed by atoms with Crippen LogP contribution in [0.25, 0.3) is 0 Å². The predicted octanol–water partition coefficient (Wildman–Crippen LogP) is 3.13. The Morgan fingerprint density at radius 2 is 1.71 bits per heavy atom. The average Bonchev–Trinajstić information content (AvgIpc) is 2.27. The third-order valence-corrected chi connectivity index (χ3v) is 5.65. The molecule has 83 valence electrons. The molecule has 1 atom stereocenters. The topological polar surface area (TPSA) is 18.5 Å². The lowest BCUT2D eigenvalue weighted by Crippen LogP contribution is -2.32. The van der Waals surface area contributed by atoms with Gasteiger partial charge in [-0.05, 0) is 5.92 Å². The van der Waals surface area contributed by atoms with Gasteiger partial charge in [-0.1, -0.05) is 45.4 Å². The van der Waals surface area contributed by atoms with Crippen LogP contribution >= 0.6 is 0 Å². The lowest BCUT2D eigenvalue weighted by atomic mass is 9.86. The molecular weight excluding hydrogens is 192 g/mol. The molecule has 1 unspecified atom stereocenters. The Kier molecular flexibility index (Phi) is 5.75. The molecule has 1 aliphatic carbocycles. The highest BCUT2D eigenvalue weighted by Gasteiger charge is 2.32. The molecule has 1 rings (SSSR count). The third-order valence-electron chi connectivity index (χ3n) is 3.36. The van der Waals surface area contributed by atoms with Gasteiger partial charge >= 0.3 is 9.28 Å². The quantitative estimate of drug-likeness (QED) is 0.656. The second-order valence-corrected chi connectivity index (χ2v) is 6.34. The minimum Gasteiger partial charge on any atom is -0.397 e. The van der Waals surface area contributed by atoms with Crippen LogP contribution in [0.15, 0.2) is 0 Å². The molecule has 3 heteroatoms. The first-order valence-electron chi connectivity index (χ1n) is 5.78. The normalized spacial score (nSPS) is 21.4. The molecule has 1 saturated carbocycles. The molecule has 0 amide bonds. The number of hydrogen-bond acceptors (Lipinski definition) is 2. The van der Waals surface area contributed by atoms with E-state index in [1.165, 1.54) is 38.5 Å². The van der Waals surface area contributed by atoms with Gasteiger partial charge in [0.15, 0.2) is 0 Å². The summed E-state index contributed by atoms with van der Waals surface area (Å²) in [4.78, 5) is 0. The molecule has 1 fully saturated rings. The van der Waals surface area contributed by atoms with Crippen LogP contribution in [0.3, 0.4) is 0 Å². The molecule has 0 aromatic rings. The molecule has 0 heterocycles. The van der Waals surface area contributed by atoms with Crippen molar-refractivity contribution in [2.75, 3.05) is 14.2 Å². The zero-order chi connectivity index (χ0) is 10.4. The van der Waals surface area contributed by atoms with E-state index in [0.29, 0.717) is 5.54 Å². The van der Waals surface area contributed by atoms with Gasteiger partial charge in [0, 0.05) is 19.8 Å². The molecule has 0 aliphatic heterocycles. The van der Waals surface area contributed by atoms with E-state index >= 15 is 0 Å². The Labute approximate surface area is 89.8 Å². The van der Waals surface area contributed by atoms with Gasteiger partial charge in [-0.25, -0.2) is 0 Å². The smallest absolute Gasteiger partial charge is 0.387 e. The van der Waals surface area contributed by atoms with Crippen molar-refractivity contribution in [1.29, 1.82) is 0 Å². The summed E-state index contributed by atoms with van der Waals surface area (Å²) < 4.78 is 11.0. The second-order valence-electron chi connectivity index (χ2n) is 4.14. The zero-order valence-corrected chi connectivity index (χ0v) is 10.7. The fourth-order valence-electron chi connectivity index (χ4n) is 2.62. The van der Waals surface area contributed by atoms with Crippen LogP contribution in [0.2, 0.25) is 5.54 Å². The van der Waals surface area contributed by atoms with E-state index in [2.05, 4.69) is 6.92 Å². The van der Waals surface area contributed by atoms with E-state index in [1.807, 2.05) is 0 Å². The van der Waals surface area contributed by atoms with Gasteiger partial charge < -0.3 is 8.85 Å². The lowest BCUT2D eigenvalue weighted by molar-refractivity contribution is 0.228. The first kappa shape index (κ1) is 12.2. The summed E-state index contributed by atoms with van der Waals surface area (Å²) in [6.07, 6.45) is 8.22. The first-order chi connectivity index (χ1) is 6.83. The molecule has 0 spiro atoms. The summed E-state index contributed by atoms with van der Waals surface area (Å²) in [5.41, 5.74) is 0.690. The summed E-state index contributed by atoms with van der Waals surface area (Å²) in [6.45, 7) is 2.27. The van der Waals surface area contributed by atoms with Crippen LogP contribution in [-0.2, 0) is 8.85 Å². The molecule has 0 aromatic heterocycles. The van der Waals surface area contributed by atoms with E-state index in [4.69, 9.17) is 8.85 Å². The largest absolute Gasteiger partial charge is 0.397 e. The van der Waals surface area contributed by atoms with E-state index < -0.39 is 9.28 Å². The minimum absolute atomic E-state index is 0.690. The Hall–Kier alpha value is 0.137. The van der Waals surface area contributed by atoms with Crippen LogP contribution in [0.4, 0.5) is 0 Å². The summed E-state index contributed by atoms with van der Waals surface area (Å²) in [5, 5.41) is 0. The van der Waals surface area contributed by atoms with Crippen molar-refractivity contribution >= 4 is 9.28 Å². The summed E-state index contributed by atoms with van der Waals surface area (Å²) in [7, 11) is 2.58. The maximum Gasteiger partial charge on any atom is 0.387 e. The lowest BCUT2D eigenvalue weighted by Gasteiger charge is -2.31. The van der Waals surface area contributed by atoms with E-state index in [9.17, 15) is 0 Å². The molecule has 14 heavy (non-hydrogen) atoms. The van der Waals surface area contributed by atoms with Crippen molar-refractivity contribution < 1.29 is 8.85 Å². The van der Waals surface area contributed by atoms with Gasteiger partial charge in [-0.15, -0.1) is 0 Å². The Balaban J connectivity index is 2.49. The Morgan fingerprint density at radius 3 is 2.14 bits per heavy atom. The molecule has 0 bridgehead atoms. The van der Waals surface area contributed by atoms with Crippen molar-refractivity contribution in [1.82, 2.24) is 0 Å². The molecule has 0 aromatic carbocycles. The van der Waals surface area contributed by atoms with Crippen LogP contribution in [-0.4, -0.2) is 23.5 Å². The highest BCUT2D eigenvalue weighted by molar-refractivity contribution is 6.46. The molecule has 0 N–H and O–H groups in total. The third kappa shape index (κ3) is 3.07. The Bertz CT molecular complexity index is 142. The van der Waals surface area contributed by atoms with Crippen LogP contribution in [0.5, 0.6) is 0 Å². The van der Waals surface area contributed by atoms with Gasteiger partial charge in [0.1, 0.15) is 0 Å². The van der Waals surface area contributed by atoms with Gasteiger partial charge in [0.25, 0.3) is 0 Å². The molecule has 1 aliphatic rings. The van der Waals surface area contributed by atoms with Crippen molar-refractivity contribution in [2.45, 2.75) is 51.0 Å². The van der Waals surface area contributed by atoms with Crippen molar-refractivity contribution in [2.24, 2.45) is 5.92 Å². The van der Waals surface area contributed by atoms with E-state index in [-0.39, 0.29) is 0 Å². The van der Waals surface area contributed by atoms with Crippen molar-refractivity contribution in [3.8, 4) is 0 Å². The highest BCUT2D eigenvalue weighted by atomic mass is 28.3.